The van der Waals surface area contributed by atoms with Gasteiger partial charge in [-0.15, -0.1) is 11.3 Å². The van der Waals surface area contributed by atoms with Crippen LogP contribution in [0, 0.1) is 11.3 Å². The van der Waals surface area contributed by atoms with Crippen LogP contribution in [0.2, 0.25) is 5.02 Å². The minimum atomic E-state index is 0.690. The lowest BCUT2D eigenvalue weighted by atomic mass is 10.1. The van der Waals surface area contributed by atoms with Crippen molar-refractivity contribution in [1.29, 1.82) is 5.26 Å². The van der Waals surface area contributed by atoms with E-state index in [0.29, 0.717) is 10.9 Å². The van der Waals surface area contributed by atoms with Gasteiger partial charge in [-0.25, -0.2) is 0 Å². The van der Waals surface area contributed by atoms with Crippen LogP contribution < -0.4 is 0 Å². The Labute approximate surface area is 99.0 Å². The monoisotopic (exact) mass is 285 g/mol. The third-order valence-corrected chi connectivity index (χ3v) is 4.01. The molecule has 0 atom stereocenters. The molecule has 0 amide bonds. The number of nitrogens with zero attached hydrogens (tertiary/aromatic N) is 1. The molecule has 70 valence electrons. The highest BCUT2D eigenvalue weighted by molar-refractivity contribution is 9.08. The van der Waals surface area contributed by atoms with E-state index in [2.05, 4.69) is 22.0 Å². The maximum Gasteiger partial charge on any atom is 0.0995 e. The normalized spacial score (nSPS) is 10.4. The first-order chi connectivity index (χ1) is 6.76. The van der Waals surface area contributed by atoms with Gasteiger partial charge >= 0.3 is 0 Å². The van der Waals surface area contributed by atoms with E-state index in [1.54, 1.807) is 11.3 Å². The zero-order valence-electron chi connectivity index (χ0n) is 7.05. The van der Waals surface area contributed by atoms with E-state index in [1.807, 2.05) is 17.5 Å². The van der Waals surface area contributed by atoms with Crippen LogP contribution in [0.25, 0.3) is 10.1 Å². The molecule has 0 bridgehead atoms. The molecule has 0 saturated carbocycles. The maximum atomic E-state index is 8.93. The number of alkyl halides is 1. The Morgan fingerprint density at radius 1 is 1.50 bits per heavy atom. The van der Waals surface area contributed by atoms with Gasteiger partial charge in [0, 0.05) is 20.8 Å². The van der Waals surface area contributed by atoms with E-state index in [-0.39, 0.29) is 0 Å². The molecule has 0 aliphatic rings. The lowest BCUT2D eigenvalue weighted by Crippen LogP contribution is -1.84. The fraction of sp³-hybridized carbons (Fsp3) is 0.100. The number of halogens is 2. The van der Waals surface area contributed by atoms with Crippen LogP contribution in [0.4, 0.5) is 0 Å². The van der Waals surface area contributed by atoms with Gasteiger partial charge in [0.1, 0.15) is 0 Å². The Hall–Kier alpha value is -0.560. The van der Waals surface area contributed by atoms with Gasteiger partial charge < -0.3 is 0 Å². The van der Waals surface area contributed by atoms with Gasteiger partial charge in [-0.3, -0.25) is 0 Å². The van der Waals surface area contributed by atoms with Gasteiger partial charge in [0.05, 0.1) is 16.7 Å². The van der Waals surface area contributed by atoms with Crippen molar-refractivity contribution >= 4 is 49.0 Å². The molecule has 14 heavy (non-hydrogen) atoms. The molecule has 1 heterocycles. The molecule has 1 nitrogen and oxygen atoms in total. The predicted molar refractivity (Wildman–Crippen MR) is 64.2 cm³/mol. The quantitative estimate of drug-likeness (QED) is 0.716. The molecule has 0 aliphatic heterocycles. The van der Waals surface area contributed by atoms with Crippen molar-refractivity contribution in [3.05, 3.63) is 33.7 Å². The molecule has 1 aromatic carbocycles. The predicted octanol–water partition coefficient (Wildman–Crippen LogP) is 4.32. The fourth-order valence-electron chi connectivity index (χ4n) is 1.30. The first-order valence-electron chi connectivity index (χ1n) is 3.92. The minimum Gasteiger partial charge on any atom is -0.192 e. The Bertz CT molecular complexity index is 527. The van der Waals surface area contributed by atoms with Crippen molar-refractivity contribution in [3.8, 4) is 6.07 Å². The molecule has 2 rings (SSSR count). The van der Waals surface area contributed by atoms with Gasteiger partial charge in [0.25, 0.3) is 0 Å². The highest BCUT2D eigenvalue weighted by Crippen LogP contribution is 2.32. The van der Waals surface area contributed by atoms with Gasteiger partial charge in [0.2, 0.25) is 0 Å². The average molecular weight is 287 g/mol. The van der Waals surface area contributed by atoms with E-state index < -0.39 is 0 Å². The van der Waals surface area contributed by atoms with Crippen LogP contribution in [-0.2, 0) is 5.33 Å². The summed E-state index contributed by atoms with van der Waals surface area (Å²) in [7, 11) is 0. The highest BCUT2D eigenvalue weighted by atomic mass is 79.9. The summed E-state index contributed by atoms with van der Waals surface area (Å²) in [5, 5.41) is 13.2. The molecular weight excluding hydrogens is 282 g/mol. The van der Waals surface area contributed by atoms with Gasteiger partial charge in [-0.2, -0.15) is 5.26 Å². The van der Waals surface area contributed by atoms with E-state index in [1.165, 1.54) is 0 Å². The van der Waals surface area contributed by atoms with Crippen LogP contribution in [0.1, 0.15) is 11.1 Å². The van der Waals surface area contributed by atoms with Crippen LogP contribution in [0.5, 0.6) is 0 Å². The van der Waals surface area contributed by atoms with E-state index in [4.69, 9.17) is 16.9 Å². The van der Waals surface area contributed by atoms with Crippen molar-refractivity contribution in [3.63, 3.8) is 0 Å². The Balaban J connectivity index is 2.79. The number of fused-ring (bicyclic) bond motifs is 1. The first kappa shape index (κ1) is 9.97. The standard InChI is InChI=1S/C10H5BrClNS/c11-3-6-2-10-8(1-7(6)4-13)9(12)5-14-10/h1-2,5H,3H2. The molecule has 0 unspecified atom stereocenters. The summed E-state index contributed by atoms with van der Waals surface area (Å²) >= 11 is 10.9. The zero-order valence-corrected chi connectivity index (χ0v) is 10.2. The number of benzene rings is 1. The first-order valence-corrected chi connectivity index (χ1v) is 6.30. The lowest BCUT2D eigenvalue weighted by molar-refractivity contribution is 1.40. The second-order valence-electron chi connectivity index (χ2n) is 2.83. The number of nitriles is 1. The van der Waals surface area contributed by atoms with Crippen LogP contribution >= 0.6 is 38.9 Å². The summed E-state index contributed by atoms with van der Waals surface area (Å²) < 4.78 is 1.13. The maximum absolute atomic E-state index is 8.93. The van der Waals surface area contributed by atoms with Gasteiger partial charge in [0.15, 0.2) is 0 Å². The lowest BCUT2D eigenvalue weighted by Gasteiger charge is -1.99. The number of hydrogen-bond donors (Lipinski definition) is 0. The third kappa shape index (κ3) is 1.54. The topological polar surface area (TPSA) is 23.8 Å². The number of hydrogen-bond acceptors (Lipinski definition) is 2. The summed E-state index contributed by atoms with van der Waals surface area (Å²) in [5.74, 6) is 0. The highest BCUT2D eigenvalue weighted by Gasteiger charge is 2.07. The Morgan fingerprint density at radius 2 is 2.29 bits per heavy atom. The summed E-state index contributed by atoms with van der Waals surface area (Å²) in [4.78, 5) is 0. The van der Waals surface area contributed by atoms with Crippen molar-refractivity contribution < 1.29 is 0 Å². The summed E-state index contributed by atoms with van der Waals surface area (Å²) in [6.45, 7) is 0. The van der Waals surface area contributed by atoms with E-state index >= 15 is 0 Å². The SMILES string of the molecule is N#Cc1cc2c(Cl)csc2cc1CBr. The number of thiophene rings is 1. The minimum absolute atomic E-state index is 0.690. The molecule has 0 spiro atoms. The van der Waals surface area contributed by atoms with Crippen molar-refractivity contribution in [1.82, 2.24) is 0 Å². The second kappa shape index (κ2) is 3.90. The van der Waals surface area contributed by atoms with Crippen molar-refractivity contribution in [2.24, 2.45) is 0 Å². The second-order valence-corrected chi connectivity index (χ2v) is 4.71. The summed E-state index contributed by atoms with van der Waals surface area (Å²) in [5.41, 5.74) is 1.70. The van der Waals surface area contributed by atoms with Crippen molar-refractivity contribution in [2.75, 3.05) is 0 Å². The van der Waals surface area contributed by atoms with E-state index in [9.17, 15) is 0 Å². The molecule has 0 saturated heterocycles. The molecular formula is C10H5BrClNS. The summed E-state index contributed by atoms with van der Waals surface area (Å²) in [6, 6.07) is 6.04. The molecule has 0 N–H and O–H groups in total. The number of rotatable bonds is 1. The zero-order chi connectivity index (χ0) is 10.1. The molecule has 1 aromatic heterocycles. The third-order valence-electron chi connectivity index (χ3n) is 2.02. The van der Waals surface area contributed by atoms with Crippen LogP contribution in [-0.4, -0.2) is 0 Å². The van der Waals surface area contributed by atoms with Crippen LogP contribution in [0.15, 0.2) is 17.5 Å². The fourth-order valence-corrected chi connectivity index (χ4v) is 2.97. The smallest absolute Gasteiger partial charge is 0.0995 e. The molecule has 0 aliphatic carbocycles. The molecule has 4 heteroatoms. The average Bonchev–Trinajstić information content (AvgIpc) is 2.58. The Morgan fingerprint density at radius 3 is 2.93 bits per heavy atom. The van der Waals surface area contributed by atoms with Gasteiger partial charge in [-0.05, 0) is 17.7 Å². The molecule has 0 fully saturated rings. The van der Waals surface area contributed by atoms with Crippen LogP contribution in [0.3, 0.4) is 0 Å². The summed E-state index contributed by atoms with van der Waals surface area (Å²) in [6.07, 6.45) is 0. The molecule has 2 aromatic rings. The Kier molecular flexibility index (Phi) is 2.78. The van der Waals surface area contributed by atoms with E-state index in [0.717, 1.165) is 20.7 Å². The largest absolute Gasteiger partial charge is 0.192 e. The van der Waals surface area contributed by atoms with Gasteiger partial charge in [-0.1, -0.05) is 27.5 Å². The molecule has 0 radical (unpaired) electrons. The van der Waals surface area contributed by atoms with Crippen molar-refractivity contribution in [2.45, 2.75) is 5.33 Å².